The second-order valence-corrected chi connectivity index (χ2v) is 4.05. The Bertz CT molecular complexity index is 454. The molecule has 1 rings (SSSR count). The van der Waals surface area contributed by atoms with Crippen LogP contribution in [0.5, 0.6) is 5.75 Å². The van der Waals surface area contributed by atoms with Crippen molar-refractivity contribution in [2.75, 3.05) is 5.73 Å². The van der Waals surface area contributed by atoms with Crippen LogP contribution in [0.4, 0.5) is 18.9 Å². The highest BCUT2D eigenvalue weighted by Crippen LogP contribution is 2.35. The maximum absolute atomic E-state index is 12.0. The topological polar surface area (TPSA) is 92.8 Å². The van der Waals surface area contributed by atoms with Crippen molar-refractivity contribution in [3.8, 4) is 5.75 Å². The molecule has 0 aliphatic rings. The van der Waals surface area contributed by atoms with E-state index >= 15 is 0 Å². The van der Waals surface area contributed by atoms with E-state index in [-0.39, 0.29) is 15.7 Å². The molecule has 0 heterocycles. The van der Waals surface area contributed by atoms with Gasteiger partial charge >= 0.3 is 12.3 Å². The van der Waals surface area contributed by atoms with Crippen molar-refractivity contribution in [3.05, 3.63) is 22.2 Å². The zero-order valence-corrected chi connectivity index (χ0v) is 10.1. The summed E-state index contributed by atoms with van der Waals surface area (Å²) >= 11 is 2.82. The molecule has 0 radical (unpaired) electrons. The van der Waals surface area contributed by atoms with Gasteiger partial charge in [-0.1, -0.05) is 15.9 Å². The van der Waals surface area contributed by atoms with Crippen LogP contribution in [-0.4, -0.2) is 22.5 Å². The molecule has 1 aromatic carbocycles. The molecule has 9 heteroatoms. The predicted octanol–water partition coefficient (Wildman–Crippen LogP) is 2.05. The van der Waals surface area contributed by atoms with Crippen LogP contribution >= 0.6 is 15.9 Å². The summed E-state index contributed by atoms with van der Waals surface area (Å²) in [7, 11) is 0. The highest BCUT2D eigenvalue weighted by Gasteiger charge is 2.32. The minimum absolute atomic E-state index is 0.100. The van der Waals surface area contributed by atoms with Gasteiger partial charge in [-0.05, 0) is 6.07 Å². The molecule has 1 unspecified atom stereocenters. The number of rotatable bonds is 3. The van der Waals surface area contributed by atoms with Crippen LogP contribution in [0.15, 0.2) is 16.6 Å². The van der Waals surface area contributed by atoms with Crippen LogP contribution in [-0.2, 0) is 4.79 Å². The third-order valence-electron chi connectivity index (χ3n) is 1.88. The van der Waals surface area contributed by atoms with Gasteiger partial charge in [-0.15, -0.1) is 13.2 Å². The smallest absolute Gasteiger partial charge is 0.479 e. The molecule has 4 N–H and O–H groups in total. The monoisotopic (exact) mass is 329 g/mol. The summed E-state index contributed by atoms with van der Waals surface area (Å²) in [5.41, 5.74) is 4.81. The SMILES string of the molecule is Nc1cc(OC(F)(F)F)cc(Br)c1C(O)C(=O)O. The quantitative estimate of drug-likeness (QED) is 0.738. The zero-order valence-electron chi connectivity index (χ0n) is 8.53. The second-order valence-electron chi connectivity index (χ2n) is 3.20. The molecule has 0 spiro atoms. The summed E-state index contributed by atoms with van der Waals surface area (Å²) in [6.07, 6.45) is -6.84. The fourth-order valence-corrected chi connectivity index (χ4v) is 1.89. The third kappa shape index (κ3) is 3.50. The predicted molar refractivity (Wildman–Crippen MR) is 57.8 cm³/mol. The van der Waals surface area contributed by atoms with Crippen LogP contribution in [0.1, 0.15) is 11.7 Å². The molecule has 0 saturated carbocycles. The van der Waals surface area contributed by atoms with E-state index in [0.29, 0.717) is 0 Å². The summed E-state index contributed by atoms with van der Waals surface area (Å²) < 4.78 is 39.4. The van der Waals surface area contributed by atoms with Crippen LogP contribution in [0.2, 0.25) is 0 Å². The largest absolute Gasteiger partial charge is 0.573 e. The molecule has 1 aromatic rings. The number of carboxylic acids is 1. The van der Waals surface area contributed by atoms with Gasteiger partial charge < -0.3 is 20.7 Å². The molecule has 0 fully saturated rings. The number of hydrogen-bond acceptors (Lipinski definition) is 4. The molecule has 0 aliphatic carbocycles. The van der Waals surface area contributed by atoms with E-state index in [1.165, 1.54) is 0 Å². The number of aliphatic hydroxyl groups excluding tert-OH is 1. The lowest BCUT2D eigenvalue weighted by Gasteiger charge is -2.15. The molecule has 5 nitrogen and oxygen atoms in total. The minimum Gasteiger partial charge on any atom is -0.479 e. The maximum atomic E-state index is 12.0. The standard InChI is InChI=1S/C9H7BrF3NO4/c10-4-1-3(18-9(11,12)13)2-5(14)6(4)7(15)8(16)17/h1-2,7,15H,14H2,(H,16,17). The summed E-state index contributed by atoms with van der Waals surface area (Å²) in [6.45, 7) is 0. The molecule has 0 bridgehead atoms. The molecule has 18 heavy (non-hydrogen) atoms. The van der Waals surface area contributed by atoms with Gasteiger partial charge in [0.1, 0.15) is 5.75 Å². The first-order valence-electron chi connectivity index (χ1n) is 4.37. The van der Waals surface area contributed by atoms with Gasteiger partial charge in [-0.25, -0.2) is 4.79 Å². The lowest BCUT2D eigenvalue weighted by atomic mass is 10.1. The van der Waals surface area contributed by atoms with Gasteiger partial charge in [0.2, 0.25) is 0 Å². The maximum Gasteiger partial charge on any atom is 0.573 e. The number of anilines is 1. The number of aliphatic hydroxyl groups is 1. The van der Waals surface area contributed by atoms with Crippen molar-refractivity contribution in [1.29, 1.82) is 0 Å². The number of nitrogens with two attached hydrogens (primary N) is 1. The van der Waals surface area contributed by atoms with E-state index in [2.05, 4.69) is 20.7 Å². The molecule has 0 saturated heterocycles. The number of benzene rings is 1. The fraction of sp³-hybridized carbons (Fsp3) is 0.222. The summed E-state index contributed by atoms with van der Waals surface area (Å²) in [4.78, 5) is 10.6. The molecule has 0 aliphatic heterocycles. The molecule has 100 valence electrons. The van der Waals surface area contributed by atoms with Crippen molar-refractivity contribution in [1.82, 2.24) is 0 Å². The van der Waals surface area contributed by atoms with Gasteiger partial charge in [0, 0.05) is 21.8 Å². The first-order valence-corrected chi connectivity index (χ1v) is 5.16. The van der Waals surface area contributed by atoms with Gasteiger partial charge in [-0.3, -0.25) is 0 Å². The zero-order chi connectivity index (χ0) is 14.1. The van der Waals surface area contributed by atoms with E-state index in [9.17, 15) is 23.1 Å². The fourth-order valence-electron chi connectivity index (χ4n) is 1.22. The number of carbonyl (C=O) groups is 1. The number of carboxylic acid groups (broad SMARTS) is 1. The van der Waals surface area contributed by atoms with Gasteiger partial charge in [0.25, 0.3) is 0 Å². The van der Waals surface area contributed by atoms with E-state index in [4.69, 9.17) is 10.8 Å². The van der Waals surface area contributed by atoms with Crippen molar-refractivity contribution in [3.63, 3.8) is 0 Å². The van der Waals surface area contributed by atoms with Crippen molar-refractivity contribution >= 4 is 27.6 Å². The van der Waals surface area contributed by atoms with Crippen molar-refractivity contribution in [2.24, 2.45) is 0 Å². The van der Waals surface area contributed by atoms with Crippen LogP contribution in [0.3, 0.4) is 0 Å². The average molecular weight is 330 g/mol. The normalized spacial score (nSPS) is 13.2. The lowest BCUT2D eigenvalue weighted by Crippen LogP contribution is -2.18. The summed E-state index contributed by atoms with van der Waals surface area (Å²) in [5, 5.41) is 17.9. The highest BCUT2D eigenvalue weighted by molar-refractivity contribution is 9.10. The van der Waals surface area contributed by atoms with Crippen LogP contribution < -0.4 is 10.5 Å². The summed E-state index contributed by atoms with van der Waals surface area (Å²) in [5.74, 6) is -2.19. The van der Waals surface area contributed by atoms with Gasteiger partial charge in [0.15, 0.2) is 6.10 Å². The number of hydrogen-bond donors (Lipinski definition) is 3. The molecule has 1 atom stereocenters. The van der Waals surface area contributed by atoms with Crippen LogP contribution in [0, 0.1) is 0 Å². The number of nitrogen functional groups attached to an aromatic ring is 1. The Morgan fingerprint density at radius 3 is 2.39 bits per heavy atom. The Balaban J connectivity index is 3.17. The highest BCUT2D eigenvalue weighted by atomic mass is 79.9. The van der Waals surface area contributed by atoms with E-state index in [0.717, 1.165) is 12.1 Å². The van der Waals surface area contributed by atoms with Gasteiger partial charge in [0.05, 0.1) is 0 Å². The molecule has 0 amide bonds. The van der Waals surface area contributed by atoms with E-state index < -0.39 is 24.2 Å². The first-order chi connectivity index (χ1) is 8.11. The number of halogens is 4. The Hall–Kier alpha value is -1.48. The van der Waals surface area contributed by atoms with Crippen LogP contribution in [0.25, 0.3) is 0 Å². The Labute approximate surface area is 107 Å². The Morgan fingerprint density at radius 1 is 1.44 bits per heavy atom. The van der Waals surface area contributed by atoms with E-state index in [1.54, 1.807) is 0 Å². The molecule has 0 aromatic heterocycles. The molecular weight excluding hydrogens is 323 g/mol. The lowest BCUT2D eigenvalue weighted by molar-refractivity contribution is -0.274. The second kappa shape index (κ2) is 5.02. The Morgan fingerprint density at radius 2 is 2.00 bits per heavy atom. The number of alkyl halides is 3. The van der Waals surface area contributed by atoms with Gasteiger partial charge in [-0.2, -0.15) is 0 Å². The average Bonchev–Trinajstić information content (AvgIpc) is 2.12. The third-order valence-corrected chi connectivity index (χ3v) is 2.53. The minimum atomic E-state index is -4.89. The molecular formula is C9H7BrF3NO4. The number of aliphatic carboxylic acids is 1. The van der Waals surface area contributed by atoms with Crippen molar-refractivity contribution in [2.45, 2.75) is 12.5 Å². The van der Waals surface area contributed by atoms with Crippen molar-refractivity contribution < 1.29 is 32.9 Å². The number of ether oxygens (including phenoxy) is 1. The Kier molecular flexibility index (Phi) is 4.07. The summed E-state index contributed by atoms with van der Waals surface area (Å²) in [6, 6.07) is 1.64. The first kappa shape index (κ1) is 14.6. The van der Waals surface area contributed by atoms with E-state index in [1.807, 2.05) is 0 Å².